The predicted octanol–water partition coefficient (Wildman–Crippen LogP) is 1.88. The molecule has 0 heterocycles. The van der Waals surface area contributed by atoms with Gasteiger partial charge in [0.2, 0.25) is 0 Å². The summed E-state index contributed by atoms with van der Waals surface area (Å²) in [6.45, 7) is 0.178. The zero-order chi connectivity index (χ0) is 13.7. The maximum atomic E-state index is 11.5. The van der Waals surface area contributed by atoms with Gasteiger partial charge in [-0.15, -0.1) is 0 Å². The Morgan fingerprint density at radius 2 is 2.05 bits per heavy atom. The van der Waals surface area contributed by atoms with Crippen molar-refractivity contribution in [3.8, 4) is 11.8 Å². The summed E-state index contributed by atoms with van der Waals surface area (Å²) in [5.74, 6) is 0.158. The first-order valence-electron chi connectivity index (χ1n) is 6.14. The zero-order valence-corrected chi connectivity index (χ0v) is 10.6. The quantitative estimate of drug-likeness (QED) is 0.623. The number of anilines is 1. The first-order valence-corrected chi connectivity index (χ1v) is 6.14. The molecule has 0 atom stereocenters. The molecule has 5 heteroatoms. The van der Waals surface area contributed by atoms with E-state index in [4.69, 9.17) is 20.5 Å². The Morgan fingerprint density at radius 3 is 2.63 bits per heavy atom. The Bertz CT molecular complexity index is 486. The van der Waals surface area contributed by atoms with Gasteiger partial charge in [-0.1, -0.05) is 0 Å². The zero-order valence-electron chi connectivity index (χ0n) is 10.6. The third-order valence-corrected chi connectivity index (χ3v) is 3.19. The Labute approximate surface area is 111 Å². The van der Waals surface area contributed by atoms with Crippen molar-refractivity contribution in [1.29, 1.82) is 5.26 Å². The van der Waals surface area contributed by atoms with Crippen LogP contribution in [-0.4, -0.2) is 19.2 Å². The number of hydrogen-bond acceptors (Lipinski definition) is 5. The molecule has 100 valence electrons. The smallest absolute Gasteiger partial charge is 0.344 e. The van der Waals surface area contributed by atoms with Crippen molar-refractivity contribution in [2.45, 2.75) is 19.3 Å². The number of carbonyl (C=O) groups is 1. The van der Waals surface area contributed by atoms with E-state index in [1.54, 1.807) is 24.3 Å². The summed E-state index contributed by atoms with van der Waals surface area (Å²) in [6.07, 6.45) is 2.35. The van der Waals surface area contributed by atoms with E-state index in [-0.39, 0.29) is 12.0 Å². The summed E-state index contributed by atoms with van der Waals surface area (Å²) in [7, 11) is 0. The highest BCUT2D eigenvalue weighted by Crippen LogP contribution is 2.48. The van der Waals surface area contributed by atoms with Gasteiger partial charge < -0.3 is 15.2 Å². The first kappa shape index (κ1) is 13.2. The van der Waals surface area contributed by atoms with Crippen LogP contribution in [-0.2, 0) is 9.53 Å². The van der Waals surface area contributed by atoms with Crippen LogP contribution in [0.2, 0.25) is 0 Å². The van der Waals surface area contributed by atoms with Crippen molar-refractivity contribution in [2.75, 3.05) is 18.9 Å². The number of nitrogen functional groups attached to an aromatic ring is 1. The molecule has 2 N–H and O–H groups in total. The van der Waals surface area contributed by atoms with Gasteiger partial charge in [0.1, 0.15) is 5.75 Å². The molecule has 0 bridgehead atoms. The standard InChI is InChI=1S/C14H16N2O3/c15-8-7-14(5-6-14)10-19-13(17)9-18-12-3-1-11(16)2-4-12/h1-4H,5-7,9-10,16H2. The van der Waals surface area contributed by atoms with Crippen molar-refractivity contribution in [3.05, 3.63) is 24.3 Å². The minimum atomic E-state index is -0.416. The lowest BCUT2D eigenvalue weighted by Crippen LogP contribution is -2.20. The summed E-state index contributed by atoms with van der Waals surface area (Å²) >= 11 is 0. The van der Waals surface area contributed by atoms with Gasteiger partial charge in [-0.3, -0.25) is 0 Å². The molecule has 1 fully saturated rings. The number of benzene rings is 1. The molecule has 0 aliphatic heterocycles. The fourth-order valence-electron chi connectivity index (χ4n) is 1.70. The normalized spacial score (nSPS) is 15.3. The van der Waals surface area contributed by atoms with E-state index < -0.39 is 5.97 Å². The molecule has 0 aromatic heterocycles. The van der Waals surface area contributed by atoms with Crippen LogP contribution in [0.1, 0.15) is 19.3 Å². The number of hydrogen-bond donors (Lipinski definition) is 1. The van der Waals surface area contributed by atoms with Gasteiger partial charge in [-0.05, 0) is 37.1 Å². The maximum absolute atomic E-state index is 11.5. The fraction of sp³-hybridized carbons (Fsp3) is 0.429. The number of nitrogens with zero attached hydrogens (tertiary/aromatic N) is 1. The van der Waals surface area contributed by atoms with Crippen molar-refractivity contribution < 1.29 is 14.3 Å². The van der Waals surface area contributed by atoms with Crippen LogP contribution in [0.4, 0.5) is 5.69 Å². The van der Waals surface area contributed by atoms with E-state index in [2.05, 4.69) is 6.07 Å². The second-order valence-corrected chi connectivity index (χ2v) is 4.85. The Balaban J connectivity index is 1.70. The summed E-state index contributed by atoms with van der Waals surface area (Å²) < 4.78 is 10.4. The average Bonchev–Trinajstić information content (AvgIpc) is 3.17. The highest BCUT2D eigenvalue weighted by atomic mass is 16.6. The molecule has 0 radical (unpaired) electrons. The first-order chi connectivity index (χ1) is 9.13. The number of rotatable bonds is 6. The van der Waals surface area contributed by atoms with Crippen LogP contribution >= 0.6 is 0 Å². The van der Waals surface area contributed by atoms with Crippen LogP contribution in [0.3, 0.4) is 0 Å². The molecular weight excluding hydrogens is 244 g/mol. The molecular formula is C14H16N2O3. The average molecular weight is 260 g/mol. The molecule has 0 amide bonds. The summed E-state index contributed by atoms with van der Waals surface area (Å²) in [5, 5.41) is 8.66. The molecule has 1 aromatic carbocycles. The van der Waals surface area contributed by atoms with Gasteiger partial charge >= 0.3 is 5.97 Å². The van der Waals surface area contributed by atoms with Crippen LogP contribution in [0.25, 0.3) is 0 Å². The van der Waals surface area contributed by atoms with Crippen LogP contribution in [0.15, 0.2) is 24.3 Å². The van der Waals surface area contributed by atoms with Gasteiger partial charge in [-0.25, -0.2) is 4.79 Å². The van der Waals surface area contributed by atoms with E-state index in [1.807, 2.05) is 0 Å². The van der Waals surface area contributed by atoms with Crippen LogP contribution in [0.5, 0.6) is 5.75 Å². The van der Waals surface area contributed by atoms with Gasteiger partial charge in [-0.2, -0.15) is 5.26 Å². The van der Waals surface area contributed by atoms with Crippen LogP contribution in [0, 0.1) is 16.7 Å². The number of nitriles is 1. The molecule has 0 saturated heterocycles. The van der Waals surface area contributed by atoms with Crippen molar-refractivity contribution >= 4 is 11.7 Å². The third kappa shape index (κ3) is 3.88. The third-order valence-electron chi connectivity index (χ3n) is 3.19. The Kier molecular flexibility index (Phi) is 3.91. The predicted molar refractivity (Wildman–Crippen MR) is 69.2 cm³/mol. The topological polar surface area (TPSA) is 85.3 Å². The van der Waals surface area contributed by atoms with E-state index in [9.17, 15) is 4.79 Å². The molecule has 1 saturated carbocycles. The van der Waals surface area contributed by atoms with Crippen molar-refractivity contribution in [1.82, 2.24) is 0 Å². The molecule has 2 rings (SSSR count). The number of nitrogens with two attached hydrogens (primary N) is 1. The SMILES string of the molecule is N#CCC1(COC(=O)COc2ccc(N)cc2)CC1. The van der Waals surface area contributed by atoms with Crippen molar-refractivity contribution in [2.24, 2.45) is 5.41 Å². The molecule has 1 aromatic rings. The second-order valence-electron chi connectivity index (χ2n) is 4.85. The minimum absolute atomic E-state index is 0.0917. The highest BCUT2D eigenvalue weighted by molar-refractivity contribution is 5.71. The lowest BCUT2D eigenvalue weighted by Gasteiger charge is -2.12. The summed E-state index contributed by atoms with van der Waals surface area (Å²) in [5.41, 5.74) is 6.09. The fourth-order valence-corrected chi connectivity index (χ4v) is 1.70. The summed E-state index contributed by atoms with van der Waals surface area (Å²) in [6, 6.07) is 8.92. The molecule has 1 aliphatic carbocycles. The minimum Gasteiger partial charge on any atom is -0.482 e. The van der Waals surface area contributed by atoms with E-state index in [0.29, 0.717) is 24.5 Å². The molecule has 0 unspecified atom stereocenters. The van der Waals surface area contributed by atoms with E-state index >= 15 is 0 Å². The van der Waals surface area contributed by atoms with Gasteiger partial charge in [0, 0.05) is 17.5 Å². The number of esters is 1. The van der Waals surface area contributed by atoms with Gasteiger partial charge in [0.15, 0.2) is 6.61 Å². The van der Waals surface area contributed by atoms with Gasteiger partial charge in [0.05, 0.1) is 12.7 Å². The van der Waals surface area contributed by atoms with Crippen molar-refractivity contribution in [3.63, 3.8) is 0 Å². The van der Waals surface area contributed by atoms with E-state index in [1.165, 1.54) is 0 Å². The highest BCUT2D eigenvalue weighted by Gasteiger charge is 2.43. The Hall–Kier alpha value is -2.22. The van der Waals surface area contributed by atoms with E-state index in [0.717, 1.165) is 12.8 Å². The molecule has 1 aliphatic rings. The van der Waals surface area contributed by atoms with Gasteiger partial charge in [0.25, 0.3) is 0 Å². The monoisotopic (exact) mass is 260 g/mol. The maximum Gasteiger partial charge on any atom is 0.344 e. The largest absolute Gasteiger partial charge is 0.482 e. The molecule has 5 nitrogen and oxygen atoms in total. The summed E-state index contributed by atoms with van der Waals surface area (Å²) in [4.78, 5) is 11.5. The molecule has 0 spiro atoms. The Morgan fingerprint density at radius 1 is 1.37 bits per heavy atom. The number of ether oxygens (including phenoxy) is 2. The number of carbonyl (C=O) groups excluding carboxylic acids is 1. The molecule has 19 heavy (non-hydrogen) atoms. The lowest BCUT2D eigenvalue weighted by atomic mass is 10.1. The van der Waals surface area contributed by atoms with Crippen LogP contribution < -0.4 is 10.5 Å². The lowest BCUT2D eigenvalue weighted by molar-refractivity contribution is -0.147. The second kappa shape index (κ2) is 5.61.